The molecule has 1 aliphatic rings. The van der Waals surface area contributed by atoms with Crippen molar-refractivity contribution in [2.24, 2.45) is 0 Å². The van der Waals surface area contributed by atoms with Crippen LogP contribution in [-0.4, -0.2) is 37.5 Å². The third-order valence-corrected chi connectivity index (χ3v) is 4.45. The van der Waals surface area contributed by atoms with Crippen LogP contribution in [0.15, 0.2) is 39.6 Å². The van der Waals surface area contributed by atoms with Crippen LogP contribution in [0.2, 0.25) is 0 Å². The van der Waals surface area contributed by atoms with Crippen molar-refractivity contribution in [1.29, 1.82) is 0 Å². The van der Waals surface area contributed by atoms with Crippen molar-refractivity contribution in [3.8, 4) is 11.7 Å². The number of aryl methyl sites for hydroxylation is 1. The Hall–Kier alpha value is -2.41. The first-order chi connectivity index (χ1) is 11.8. The minimum Gasteiger partial charge on any atom is -0.459 e. The van der Waals surface area contributed by atoms with E-state index in [0.29, 0.717) is 30.1 Å². The standard InChI is InChI=1S/C17H21N5O2/c1-13-9-18-22(10-13)11-14-5-2-3-7-21(14)12-16-19-20-17(24-16)15-6-4-8-23-15/h4,6,8-10,14H,2-3,5,7,11-12H2,1H3/t14-/m0/s1. The molecule has 24 heavy (non-hydrogen) atoms. The molecule has 7 nitrogen and oxygen atoms in total. The monoisotopic (exact) mass is 327 g/mol. The van der Waals surface area contributed by atoms with Gasteiger partial charge in [0.15, 0.2) is 5.76 Å². The maximum Gasteiger partial charge on any atom is 0.283 e. The molecule has 0 radical (unpaired) electrons. The third-order valence-electron chi connectivity index (χ3n) is 4.45. The average Bonchev–Trinajstić information content (AvgIpc) is 3.31. The molecule has 0 saturated carbocycles. The highest BCUT2D eigenvalue weighted by Gasteiger charge is 2.25. The Bertz CT molecular complexity index is 777. The number of furan rings is 1. The SMILES string of the molecule is Cc1cnn(C[C@@H]2CCCCN2Cc2nnc(-c3ccco3)o2)c1. The molecule has 1 saturated heterocycles. The van der Waals surface area contributed by atoms with Crippen molar-refractivity contribution in [3.05, 3.63) is 42.2 Å². The van der Waals surface area contributed by atoms with Crippen LogP contribution in [0.4, 0.5) is 0 Å². The molecule has 0 unspecified atom stereocenters. The molecule has 0 bridgehead atoms. The summed E-state index contributed by atoms with van der Waals surface area (Å²) in [6.07, 6.45) is 9.22. The molecule has 4 heterocycles. The number of hydrogen-bond acceptors (Lipinski definition) is 6. The zero-order valence-electron chi connectivity index (χ0n) is 13.8. The minimum absolute atomic E-state index is 0.436. The maximum absolute atomic E-state index is 5.75. The van der Waals surface area contributed by atoms with Gasteiger partial charge in [0.1, 0.15) is 0 Å². The number of hydrogen-bond donors (Lipinski definition) is 0. The van der Waals surface area contributed by atoms with Gasteiger partial charge in [-0.3, -0.25) is 9.58 Å². The normalized spacial score (nSPS) is 19.0. The second-order valence-electron chi connectivity index (χ2n) is 6.34. The molecule has 3 aromatic rings. The molecule has 1 atom stereocenters. The van der Waals surface area contributed by atoms with E-state index in [0.717, 1.165) is 19.5 Å². The molecule has 1 fully saturated rings. The van der Waals surface area contributed by atoms with Gasteiger partial charge in [0.25, 0.3) is 5.89 Å². The quantitative estimate of drug-likeness (QED) is 0.717. The molecule has 1 aliphatic heterocycles. The summed E-state index contributed by atoms with van der Waals surface area (Å²) in [5, 5.41) is 12.7. The first-order valence-corrected chi connectivity index (χ1v) is 8.37. The van der Waals surface area contributed by atoms with Crippen LogP contribution in [0.1, 0.15) is 30.7 Å². The molecule has 0 N–H and O–H groups in total. The highest BCUT2D eigenvalue weighted by atomic mass is 16.4. The Labute approximate surface area is 140 Å². The minimum atomic E-state index is 0.436. The van der Waals surface area contributed by atoms with Gasteiger partial charge in [0.05, 0.1) is 25.5 Å². The van der Waals surface area contributed by atoms with Crippen LogP contribution in [-0.2, 0) is 13.1 Å². The van der Waals surface area contributed by atoms with Crippen molar-refractivity contribution in [3.63, 3.8) is 0 Å². The van der Waals surface area contributed by atoms with Gasteiger partial charge in [-0.15, -0.1) is 10.2 Å². The number of rotatable bonds is 5. The van der Waals surface area contributed by atoms with Crippen LogP contribution in [0.3, 0.4) is 0 Å². The van der Waals surface area contributed by atoms with Gasteiger partial charge in [-0.05, 0) is 44.0 Å². The lowest BCUT2D eigenvalue weighted by Crippen LogP contribution is -2.41. The Morgan fingerprint density at radius 1 is 1.29 bits per heavy atom. The average molecular weight is 327 g/mol. The van der Waals surface area contributed by atoms with Crippen molar-refractivity contribution in [1.82, 2.24) is 24.9 Å². The lowest BCUT2D eigenvalue weighted by molar-refractivity contribution is 0.111. The van der Waals surface area contributed by atoms with E-state index in [1.165, 1.54) is 18.4 Å². The molecule has 7 heteroatoms. The number of likely N-dealkylation sites (tertiary alicyclic amines) is 1. The smallest absolute Gasteiger partial charge is 0.283 e. The van der Waals surface area contributed by atoms with E-state index in [-0.39, 0.29) is 0 Å². The Morgan fingerprint density at radius 3 is 3.04 bits per heavy atom. The highest BCUT2D eigenvalue weighted by molar-refractivity contribution is 5.42. The largest absolute Gasteiger partial charge is 0.459 e. The summed E-state index contributed by atoms with van der Waals surface area (Å²) < 4.78 is 13.1. The van der Waals surface area contributed by atoms with Crippen molar-refractivity contribution >= 4 is 0 Å². The summed E-state index contributed by atoms with van der Waals surface area (Å²) in [7, 11) is 0. The molecule has 0 aliphatic carbocycles. The maximum atomic E-state index is 5.75. The van der Waals surface area contributed by atoms with Gasteiger partial charge >= 0.3 is 0 Å². The van der Waals surface area contributed by atoms with Crippen LogP contribution in [0, 0.1) is 6.92 Å². The van der Waals surface area contributed by atoms with E-state index in [1.807, 2.05) is 23.0 Å². The van der Waals surface area contributed by atoms with Crippen molar-refractivity contribution in [2.75, 3.05) is 6.54 Å². The second-order valence-corrected chi connectivity index (χ2v) is 6.34. The second kappa shape index (κ2) is 6.60. The van der Waals surface area contributed by atoms with Crippen molar-refractivity contribution < 1.29 is 8.83 Å². The fourth-order valence-electron chi connectivity index (χ4n) is 3.25. The summed E-state index contributed by atoms with van der Waals surface area (Å²) >= 11 is 0. The predicted octanol–water partition coefficient (Wildman–Crippen LogP) is 2.89. The zero-order valence-corrected chi connectivity index (χ0v) is 13.8. The van der Waals surface area contributed by atoms with Gasteiger partial charge in [-0.1, -0.05) is 6.42 Å². The Kier molecular flexibility index (Phi) is 4.17. The van der Waals surface area contributed by atoms with Gasteiger partial charge < -0.3 is 8.83 Å². The van der Waals surface area contributed by atoms with Crippen molar-refractivity contribution in [2.45, 2.75) is 45.3 Å². The molecule has 0 amide bonds. The molecule has 3 aromatic heterocycles. The zero-order chi connectivity index (χ0) is 16.4. The third kappa shape index (κ3) is 3.26. The van der Waals surface area contributed by atoms with Crippen LogP contribution in [0.25, 0.3) is 11.7 Å². The summed E-state index contributed by atoms with van der Waals surface area (Å²) in [5.41, 5.74) is 1.19. The van der Waals surface area contributed by atoms with E-state index in [9.17, 15) is 0 Å². The molecule has 0 aromatic carbocycles. The van der Waals surface area contributed by atoms with E-state index in [4.69, 9.17) is 8.83 Å². The summed E-state index contributed by atoms with van der Waals surface area (Å²) in [5.74, 6) is 1.67. The molecule has 4 rings (SSSR count). The highest BCUT2D eigenvalue weighted by Crippen LogP contribution is 2.23. The van der Waals surface area contributed by atoms with E-state index >= 15 is 0 Å². The van der Waals surface area contributed by atoms with E-state index in [2.05, 4.69) is 33.3 Å². The first-order valence-electron chi connectivity index (χ1n) is 8.37. The molecular weight excluding hydrogens is 306 g/mol. The molecule has 126 valence electrons. The van der Waals surface area contributed by atoms with Crippen LogP contribution >= 0.6 is 0 Å². The van der Waals surface area contributed by atoms with Gasteiger partial charge in [-0.2, -0.15) is 5.10 Å². The lowest BCUT2D eigenvalue weighted by Gasteiger charge is -2.34. The summed E-state index contributed by atoms with van der Waals surface area (Å²) in [6, 6.07) is 4.07. The fraction of sp³-hybridized carbons (Fsp3) is 0.471. The summed E-state index contributed by atoms with van der Waals surface area (Å²) in [6.45, 7) is 4.67. The predicted molar refractivity (Wildman–Crippen MR) is 87.0 cm³/mol. The Morgan fingerprint density at radius 2 is 2.25 bits per heavy atom. The van der Waals surface area contributed by atoms with Gasteiger partial charge in [0, 0.05) is 12.2 Å². The topological polar surface area (TPSA) is 73.1 Å². The first kappa shape index (κ1) is 15.1. The van der Waals surface area contributed by atoms with Crippen LogP contribution in [0.5, 0.6) is 0 Å². The summed E-state index contributed by atoms with van der Waals surface area (Å²) in [4.78, 5) is 2.42. The number of piperidine rings is 1. The Balaban J connectivity index is 1.45. The van der Waals surface area contributed by atoms with Crippen LogP contribution < -0.4 is 0 Å². The number of nitrogens with zero attached hydrogens (tertiary/aromatic N) is 5. The van der Waals surface area contributed by atoms with Gasteiger partial charge in [0.2, 0.25) is 5.89 Å². The van der Waals surface area contributed by atoms with Gasteiger partial charge in [-0.25, -0.2) is 0 Å². The van der Waals surface area contributed by atoms with E-state index < -0.39 is 0 Å². The molecule has 0 spiro atoms. The number of aromatic nitrogens is 4. The molecular formula is C17H21N5O2. The van der Waals surface area contributed by atoms with E-state index in [1.54, 1.807) is 6.26 Å². The fourth-order valence-corrected chi connectivity index (χ4v) is 3.25. The lowest BCUT2D eigenvalue weighted by atomic mass is 10.0.